The molecule has 3 heteroatoms. The summed E-state index contributed by atoms with van der Waals surface area (Å²) in [5.74, 6) is 0. The Bertz CT molecular complexity index is 139. The molecule has 0 aromatic rings. The second-order valence-corrected chi connectivity index (χ2v) is 5.56. The van der Waals surface area contributed by atoms with E-state index in [2.05, 4.69) is 33.4 Å². The van der Waals surface area contributed by atoms with Gasteiger partial charge in [-0.15, -0.1) is 0 Å². The van der Waals surface area contributed by atoms with Crippen LogP contribution in [0.4, 0.5) is 0 Å². The molecule has 0 heterocycles. The van der Waals surface area contributed by atoms with Crippen LogP contribution in [0, 0.1) is 0 Å². The minimum Gasteiger partial charge on any atom is -0.422 e. The molecule has 0 aromatic carbocycles. The van der Waals surface area contributed by atoms with Crippen LogP contribution in [0.2, 0.25) is 0 Å². The largest absolute Gasteiger partial charge is 0.422 e. The van der Waals surface area contributed by atoms with Crippen molar-refractivity contribution in [2.24, 2.45) is 0 Å². The van der Waals surface area contributed by atoms with Gasteiger partial charge in [0.05, 0.1) is 5.60 Å². The van der Waals surface area contributed by atoms with Crippen molar-refractivity contribution < 1.29 is 4.43 Å². The van der Waals surface area contributed by atoms with Crippen molar-refractivity contribution in [1.29, 1.82) is 0 Å². The first kappa shape index (κ1) is 14.5. The summed E-state index contributed by atoms with van der Waals surface area (Å²) in [5, 5.41) is 0.390. The van der Waals surface area contributed by atoms with Gasteiger partial charge in [-0.2, -0.15) is 12.6 Å². The third-order valence-electron chi connectivity index (χ3n) is 2.91. The first-order chi connectivity index (χ1) is 6.54. The number of hydrogen-bond donors (Lipinski definition) is 1. The zero-order chi connectivity index (χ0) is 11.0. The molecule has 0 radical (unpaired) electrons. The third kappa shape index (κ3) is 6.09. The summed E-state index contributed by atoms with van der Waals surface area (Å²) in [6.45, 7) is 6.54. The van der Waals surface area contributed by atoms with Crippen molar-refractivity contribution in [3.05, 3.63) is 0 Å². The SMILES string of the molecule is CCCCCCCC(S)C(C)(C)O[SiH3]. The van der Waals surface area contributed by atoms with Gasteiger partial charge in [-0.05, 0) is 20.3 Å². The molecule has 0 fully saturated rings. The van der Waals surface area contributed by atoms with Crippen LogP contribution >= 0.6 is 12.6 Å². The van der Waals surface area contributed by atoms with E-state index in [9.17, 15) is 0 Å². The van der Waals surface area contributed by atoms with Crippen LogP contribution in [-0.4, -0.2) is 21.3 Å². The van der Waals surface area contributed by atoms with E-state index in [0.717, 1.165) is 10.5 Å². The molecule has 0 bridgehead atoms. The molecule has 0 aromatic heterocycles. The van der Waals surface area contributed by atoms with Gasteiger partial charge >= 0.3 is 0 Å². The van der Waals surface area contributed by atoms with Crippen molar-refractivity contribution in [2.45, 2.75) is 70.1 Å². The van der Waals surface area contributed by atoms with E-state index in [1.807, 2.05) is 0 Å². The van der Waals surface area contributed by atoms with Crippen LogP contribution in [0.25, 0.3) is 0 Å². The highest BCUT2D eigenvalue weighted by Crippen LogP contribution is 2.23. The van der Waals surface area contributed by atoms with E-state index in [-0.39, 0.29) is 5.60 Å². The summed E-state index contributed by atoms with van der Waals surface area (Å²) in [6.07, 6.45) is 7.89. The Morgan fingerprint density at radius 2 is 1.79 bits per heavy atom. The molecule has 0 amide bonds. The maximum absolute atomic E-state index is 5.54. The topological polar surface area (TPSA) is 9.23 Å². The normalized spacial score (nSPS) is 14.6. The highest BCUT2D eigenvalue weighted by Gasteiger charge is 2.24. The summed E-state index contributed by atoms with van der Waals surface area (Å²) in [5.41, 5.74) is -0.0277. The molecule has 0 aliphatic heterocycles. The van der Waals surface area contributed by atoms with E-state index in [4.69, 9.17) is 4.43 Å². The van der Waals surface area contributed by atoms with Gasteiger partial charge in [0.15, 0.2) is 0 Å². The Balaban J connectivity index is 3.48. The lowest BCUT2D eigenvalue weighted by Gasteiger charge is -2.30. The smallest absolute Gasteiger partial charge is 0.146 e. The monoisotopic (exact) mass is 234 g/mol. The minimum absolute atomic E-state index is 0.0277. The Hall–Kier alpha value is 0.527. The van der Waals surface area contributed by atoms with Crippen LogP contribution < -0.4 is 0 Å². The highest BCUT2D eigenvalue weighted by atomic mass is 32.1. The molecular formula is C11H26OSSi. The minimum atomic E-state index is -0.0277. The van der Waals surface area contributed by atoms with Gasteiger partial charge in [0.2, 0.25) is 0 Å². The van der Waals surface area contributed by atoms with Gasteiger partial charge in [-0.3, -0.25) is 0 Å². The first-order valence-corrected chi connectivity index (χ1v) is 7.11. The van der Waals surface area contributed by atoms with Crippen molar-refractivity contribution in [3.8, 4) is 0 Å². The molecule has 0 aliphatic carbocycles. The predicted molar refractivity (Wildman–Crippen MR) is 71.3 cm³/mol. The molecule has 1 atom stereocenters. The molecule has 86 valence electrons. The Kier molecular flexibility index (Phi) is 8.06. The molecular weight excluding hydrogens is 208 g/mol. The van der Waals surface area contributed by atoms with Gasteiger partial charge in [-0.25, -0.2) is 0 Å². The molecule has 1 nitrogen and oxygen atoms in total. The standard InChI is InChI=1S/C11H26OSSi/c1-4-5-6-7-8-9-10(13)11(2,3)12-14/h10,13H,4-9H2,1-3,14H3. The average molecular weight is 234 g/mol. The summed E-state index contributed by atoms with van der Waals surface area (Å²) in [7, 11) is 0.807. The fraction of sp³-hybridized carbons (Fsp3) is 1.00. The number of rotatable bonds is 8. The summed E-state index contributed by atoms with van der Waals surface area (Å²) < 4.78 is 5.54. The fourth-order valence-corrected chi connectivity index (χ4v) is 2.20. The van der Waals surface area contributed by atoms with E-state index in [1.54, 1.807) is 0 Å². The molecule has 0 saturated carbocycles. The van der Waals surface area contributed by atoms with Gasteiger partial charge in [-0.1, -0.05) is 39.0 Å². The number of unbranched alkanes of at least 4 members (excludes halogenated alkanes) is 4. The van der Waals surface area contributed by atoms with Crippen molar-refractivity contribution in [2.75, 3.05) is 0 Å². The molecule has 0 N–H and O–H groups in total. The predicted octanol–water partition coefficient (Wildman–Crippen LogP) is 2.72. The first-order valence-electron chi connectivity index (χ1n) is 5.77. The van der Waals surface area contributed by atoms with Gasteiger partial charge < -0.3 is 4.43 Å². The fourth-order valence-electron chi connectivity index (χ4n) is 1.42. The summed E-state index contributed by atoms with van der Waals surface area (Å²) >= 11 is 4.61. The second kappa shape index (κ2) is 7.77. The van der Waals surface area contributed by atoms with Crippen LogP contribution in [0.3, 0.4) is 0 Å². The highest BCUT2D eigenvalue weighted by molar-refractivity contribution is 7.81. The maximum Gasteiger partial charge on any atom is 0.146 e. The van der Waals surface area contributed by atoms with Gasteiger partial charge in [0, 0.05) is 5.25 Å². The Morgan fingerprint density at radius 3 is 2.29 bits per heavy atom. The van der Waals surface area contributed by atoms with Gasteiger partial charge in [0.25, 0.3) is 0 Å². The van der Waals surface area contributed by atoms with Crippen molar-refractivity contribution >= 4 is 23.1 Å². The quantitative estimate of drug-likeness (QED) is 0.386. The zero-order valence-corrected chi connectivity index (χ0v) is 13.1. The van der Waals surface area contributed by atoms with E-state index < -0.39 is 0 Å². The lowest BCUT2D eigenvalue weighted by Crippen LogP contribution is -2.34. The van der Waals surface area contributed by atoms with Crippen molar-refractivity contribution in [1.82, 2.24) is 0 Å². The van der Waals surface area contributed by atoms with Crippen LogP contribution in [0.5, 0.6) is 0 Å². The van der Waals surface area contributed by atoms with E-state index in [1.165, 1.54) is 38.5 Å². The zero-order valence-electron chi connectivity index (χ0n) is 10.2. The third-order valence-corrected chi connectivity index (χ3v) is 4.84. The molecule has 0 saturated heterocycles. The molecule has 1 unspecified atom stereocenters. The molecule has 0 rings (SSSR count). The van der Waals surface area contributed by atoms with E-state index in [0.29, 0.717) is 5.25 Å². The van der Waals surface area contributed by atoms with Crippen molar-refractivity contribution in [3.63, 3.8) is 0 Å². The lowest BCUT2D eigenvalue weighted by molar-refractivity contribution is 0.117. The average Bonchev–Trinajstić information content (AvgIpc) is 2.17. The summed E-state index contributed by atoms with van der Waals surface area (Å²) in [6, 6.07) is 0. The number of thiol groups is 1. The number of hydrogen-bond acceptors (Lipinski definition) is 2. The van der Waals surface area contributed by atoms with Gasteiger partial charge in [0.1, 0.15) is 10.5 Å². The van der Waals surface area contributed by atoms with E-state index >= 15 is 0 Å². The maximum atomic E-state index is 5.54. The Morgan fingerprint density at radius 1 is 1.21 bits per heavy atom. The molecule has 0 aliphatic rings. The molecule has 0 spiro atoms. The molecule has 14 heavy (non-hydrogen) atoms. The van der Waals surface area contributed by atoms with Crippen LogP contribution in [-0.2, 0) is 4.43 Å². The van der Waals surface area contributed by atoms with Crippen LogP contribution in [0.1, 0.15) is 59.3 Å². The lowest BCUT2D eigenvalue weighted by atomic mass is 9.99. The van der Waals surface area contributed by atoms with Crippen LogP contribution in [0.15, 0.2) is 0 Å². The Labute approximate surface area is 98.0 Å². The summed E-state index contributed by atoms with van der Waals surface area (Å²) in [4.78, 5) is 0. The second-order valence-electron chi connectivity index (χ2n) is 4.53.